The van der Waals surface area contributed by atoms with Gasteiger partial charge < -0.3 is 19.2 Å². The highest BCUT2D eigenvalue weighted by Crippen LogP contribution is 2.35. The maximum absolute atomic E-state index is 12.6. The normalized spacial score (nSPS) is 12.6. The van der Waals surface area contributed by atoms with E-state index in [-0.39, 0.29) is 30.2 Å². The summed E-state index contributed by atoms with van der Waals surface area (Å²) in [5, 5.41) is 12.1. The van der Waals surface area contributed by atoms with Crippen LogP contribution in [0.1, 0.15) is 48.8 Å². The van der Waals surface area contributed by atoms with E-state index in [0.29, 0.717) is 16.8 Å². The van der Waals surface area contributed by atoms with Crippen molar-refractivity contribution in [2.75, 3.05) is 20.8 Å². The zero-order chi connectivity index (χ0) is 24.8. The van der Waals surface area contributed by atoms with E-state index in [1.165, 1.54) is 20.4 Å². The first-order chi connectivity index (χ1) is 15.5. The number of methoxy groups -OCH3 is 2. The van der Waals surface area contributed by atoms with Crippen LogP contribution in [-0.4, -0.2) is 54.8 Å². The molecule has 2 aromatic rings. The molecule has 0 fully saturated rings. The van der Waals surface area contributed by atoms with Crippen molar-refractivity contribution in [3.05, 3.63) is 57.4 Å². The van der Waals surface area contributed by atoms with Gasteiger partial charge in [-0.3, -0.25) is 14.9 Å². The third kappa shape index (κ3) is 6.27. The topological polar surface area (TPSA) is 121 Å². The molecule has 1 N–H and O–H groups in total. The van der Waals surface area contributed by atoms with Gasteiger partial charge in [0.2, 0.25) is 12.3 Å². The summed E-state index contributed by atoms with van der Waals surface area (Å²) in [5.74, 6) is -0.889. The van der Waals surface area contributed by atoms with Crippen molar-refractivity contribution < 1.29 is 28.7 Å². The summed E-state index contributed by atoms with van der Waals surface area (Å²) < 4.78 is 15.2. The van der Waals surface area contributed by atoms with Crippen molar-refractivity contribution in [1.82, 2.24) is 4.98 Å². The molecular formula is C24H32N2O7. The highest BCUT2D eigenvalue weighted by Gasteiger charge is 2.43. The van der Waals surface area contributed by atoms with Crippen molar-refractivity contribution in [2.24, 2.45) is 5.41 Å². The molecule has 2 rings (SSSR count). The molecule has 1 unspecified atom stereocenters. The third-order valence-electron chi connectivity index (χ3n) is 5.67. The Hall–Kier alpha value is -3.04. The Balaban J connectivity index is 2.47. The van der Waals surface area contributed by atoms with E-state index in [9.17, 15) is 19.7 Å². The molecule has 0 amide bonds. The minimum absolute atomic E-state index is 0.0134. The van der Waals surface area contributed by atoms with Gasteiger partial charge in [-0.25, -0.2) is 4.79 Å². The molecule has 0 bridgehead atoms. The van der Waals surface area contributed by atoms with Gasteiger partial charge in [0, 0.05) is 48.4 Å². The van der Waals surface area contributed by atoms with Crippen LogP contribution in [0.15, 0.2) is 30.5 Å². The highest BCUT2D eigenvalue weighted by molar-refractivity contribution is 5.98. The minimum atomic E-state index is -1.12. The number of aromatic amines is 1. The fourth-order valence-corrected chi connectivity index (χ4v) is 3.89. The molecule has 33 heavy (non-hydrogen) atoms. The smallest absolute Gasteiger partial charge is 0.340 e. The number of H-pyrrole nitrogens is 1. The number of nitrogens with one attached hydrogen (secondary N) is 1. The number of rotatable bonds is 12. The Bertz CT molecular complexity index is 975. The van der Waals surface area contributed by atoms with Crippen molar-refractivity contribution in [1.29, 1.82) is 0 Å². The summed E-state index contributed by atoms with van der Waals surface area (Å²) in [6, 6.07) is 6.42. The van der Waals surface area contributed by atoms with Crippen LogP contribution in [0.4, 0.5) is 0 Å². The van der Waals surface area contributed by atoms with Gasteiger partial charge >= 0.3 is 5.97 Å². The van der Waals surface area contributed by atoms with Crippen LogP contribution < -0.4 is 0 Å². The molecule has 9 nitrogen and oxygen atoms in total. The zero-order valence-electron chi connectivity index (χ0n) is 20.0. The van der Waals surface area contributed by atoms with Crippen molar-refractivity contribution in [2.45, 2.75) is 52.9 Å². The zero-order valence-corrected chi connectivity index (χ0v) is 20.0. The Kier molecular flexibility index (Phi) is 8.90. The molecule has 0 saturated heterocycles. The molecule has 0 saturated carbocycles. The quantitative estimate of drug-likeness (QED) is 0.220. The Labute approximate surface area is 193 Å². The van der Waals surface area contributed by atoms with Gasteiger partial charge in [0.05, 0.1) is 18.6 Å². The van der Waals surface area contributed by atoms with E-state index in [1.54, 1.807) is 20.8 Å². The first-order valence-corrected chi connectivity index (χ1v) is 10.7. The molecule has 1 atom stereocenters. The molecule has 1 aromatic heterocycles. The van der Waals surface area contributed by atoms with E-state index in [0.717, 1.165) is 11.1 Å². The average molecular weight is 461 g/mol. The second-order valence-corrected chi connectivity index (χ2v) is 8.58. The number of nitrogens with zero attached hydrogens (tertiary/aromatic N) is 1. The lowest BCUT2D eigenvalue weighted by atomic mass is 9.77. The van der Waals surface area contributed by atoms with Gasteiger partial charge in [-0.2, -0.15) is 0 Å². The van der Waals surface area contributed by atoms with E-state index in [1.807, 2.05) is 31.2 Å². The predicted octanol–water partition coefficient (Wildman–Crippen LogP) is 3.96. The Morgan fingerprint density at radius 2 is 1.76 bits per heavy atom. The Morgan fingerprint density at radius 1 is 1.15 bits per heavy atom. The van der Waals surface area contributed by atoms with Crippen LogP contribution in [0.2, 0.25) is 0 Å². The summed E-state index contributed by atoms with van der Waals surface area (Å²) in [6.07, 6.45) is 0.307. The lowest BCUT2D eigenvalue weighted by Gasteiger charge is -2.28. The fraction of sp³-hybridized carbons (Fsp3) is 0.500. The number of ketones is 1. The fourth-order valence-electron chi connectivity index (χ4n) is 3.89. The largest absolute Gasteiger partial charge is 0.462 e. The molecular weight excluding hydrogens is 428 g/mol. The number of hydrogen-bond donors (Lipinski definition) is 1. The standard InChI is InChI=1S/C24H32N2O7/c1-7-33-22(28)17-14-25-18(21(17)16-10-8-15(2)9-11-16)12-20(26(29)30)24(3,4)13-19(27)23(31-5)32-6/h8-11,14,20,23,25H,7,12-13H2,1-6H3. The highest BCUT2D eigenvalue weighted by atomic mass is 16.7. The molecule has 180 valence electrons. The number of carbonyl (C=O) groups is 2. The van der Waals surface area contributed by atoms with Gasteiger partial charge in [0.1, 0.15) is 0 Å². The summed E-state index contributed by atoms with van der Waals surface area (Å²) in [7, 11) is 2.68. The molecule has 9 heteroatoms. The second kappa shape index (κ2) is 11.2. The summed E-state index contributed by atoms with van der Waals surface area (Å²) in [4.78, 5) is 39.9. The molecule has 0 aliphatic rings. The number of nitro groups is 1. The SMILES string of the molecule is CCOC(=O)c1c[nH]c(CC([N+](=O)[O-])C(C)(C)CC(=O)C(OC)OC)c1-c1ccc(C)cc1. The summed E-state index contributed by atoms with van der Waals surface area (Å²) in [5.41, 5.74) is 2.17. The summed E-state index contributed by atoms with van der Waals surface area (Å²) >= 11 is 0. The van der Waals surface area contributed by atoms with E-state index >= 15 is 0 Å². The molecule has 0 spiro atoms. The van der Waals surface area contributed by atoms with Crippen LogP contribution in [0.25, 0.3) is 11.1 Å². The number of esters is 1. The van der Waals surface area contributed by atoms with E-state index in [2.05, 4.69) is 4.98 Å². The third-order valence-corrected chi connectivity index (χ3v) is 5.67. The summed E-state index contributed by atoms with van der Waals surface area (Å²) in [6.45, 7) is 7.21. The number of Topliss-reactive ketones (excluding diaryl/α,β-unsaturated/α-hetero) is 1. The molecule has 0 radical (unpaired) electrons. The molecule has 1 aromatic carbocycles. The second-order valence-electron chi connectivity index (χ2n) is 8.58. The number of benzene rings is 1. The predicted molar refractivity (Wildman–Crippen MR) is 123 cm³/mol. The number of ether oxygens (including phenoxy) is 3. The van der Waals surface area contributed by atoms with Gasteiger partial charge in [-0.15, -0.1) is 0 Å². The van der Waals surface area contributed by atoms with E-state index in [4.69, 9.17) is 14.2 Å². The van der Waals surface area contributed by atoms with E-state index < -0.39 is 23.7 Å². The maximum atomic E-state index is 12.6. The molecule has 0 aliphatic carbocycles. The van der Waals surface area contributed by atoms with Crippen molar-refractivity contribution in [3.63, 3.8) is 0 Å². The van der Waals surface area contributed by atoms with Crippen LogP contribution >= 0.6 is 0 Å². The van der Waals surface area contributed by atoms with Crippen LogP contribution in [0.3, 0.4) is 0 Å². The van der Waals surface area contributed by atoms with Crippen LogP contribution in [0.5, 0.6) is 0 Å². The number of carbonyl (C=O) groups excluding carboxylic acids is 2. The van der Waals surface area contributed by atoms with Gasteiger partial charge in [0.15, 0.2) is 5.78 Å². The van der Waals surface area contributed by atoms with Crippen LogP contribution in [0, 0.1) is 22.5 Å². The van der Waals surface area contributed by atoms with Gasteiger partial charge in [-0.05, 0) is 19.4 Å². The van der Waals surface area contributed by atoms with Crippen molar-refractivity contribution in [3.8, 4) is 11.1 Å². The number of aryl methyl sites for hydroxylation is 1. The van der Waals surface area contributed by atoms with Gasteiger partial charge in [-0.1, -0.05) is 43.7 Å². The molecule has 1 heterocycles. The lowest BCUT2D eigenvalue weighted by Crippen LogP contribution is -2.42. The monoisotopic (exact) mass is 460 g/mol. The first kappa shape index (κ1) is 26.2. The average Bonchev–Trinajstić information content (AvgIpc) is 3.16. The first-order valence-electron chi connectivity index (χ1n) is 10.7. The number of hydrogen-bond acceptors (Lipinski definition) is 7. The Morgan fingerprint density at radius 3 is 2.27 bits per heavy atom. The lowest BCUT2D eigenvalue weighted by molar-refractivity contribution is -0.540. The number of aromatic nitrogens is 1. The van der Waals surface area contributed by atoms with Crippen LogP contribution in [-0.2, 0) is 25.4 Å². The van der Waals surface area contributed by atoms with Gasteiger partial charge in [0.25, 0.3) is 0 Å². The molecule has 0 aliphatic heterocycles. The van der Waals surface area contributed by atoms with Crippen molar-refractivity contribution >= 4 is 11.8 Å². The minimum Gasteiger partial charge on any atom is -0.462 e. The maximum Gasteiger partial charge on any atom is 0.340 e.